The molecular weight excluding hydrogens is 222 g/mol. The van der Waals surface area contributed by atoms with Gasteiger partial charge in [0.25, 0.3) is 0 Å². The molecule has 0 aliphatic carbocycles. The summed E-state index contributed by atoms with van der Waals surface area (Å²) in [6, 6.07) is 1.81. The first-order chi connectivity index (χ1) is 7.64. The first-order valence-electron chi connectivity index (χ1n) is 5.45. The molecular formula is C12H19NO4. The molecule has 1 atom stereocenters. The van der Waals surface area contributed by atoms with Crippen LogP contribution in [0.15, 0.2) is 0 Å². The molecule has 0 aliphatic heterocycles. The van der Waals surface area contributed by atoms with Crippen molar-refractivity contribution in [2.24, 2.45) is 5.41 Å². The molecule has 0 aliphatic rings. The SMILES string of the molecule is CCOC(=O)CC(C)(C#N)C(=O)OC(C)(C)C. The van der Waals surface area contributed by atoms with E-state index in [1.807, 2.05) is 6.07 Å². The minimum atomic E-state index is -1.50. The molecule has 0 aromatic rings. The van der Waals surface area contributed by atoms with Gasteiger partial charge in [-0.1, -0.05) is 0 Å². The fraction of sp³-hybridized carbons (Fsp3) is 0.750. The van der Waals surface area contributed by atoms with Gasteiger partial charge >= 0.3 is 11.9 Å². The summed E-state index contributed by atoms with van der Waals surface area (Å²) in [6.07, 6.45) is -0.299. The maximum Gasteiger partial charge on any atom is 0.327 e. The van der Waals surface area contributed by atoms with Gasteiger partial charge in [-0.15, -0.1) is 0 Å². The predicted molar refractivity (Wildman–Crippen MR) is 60.8 cm³/mol. The van der Waals surface area contributed by atoms with E-state index in [1.165, 1.54) is 6.92 Å². The first kappa shape index (κ1) is 15.4. The topological polar surface area (TPSA) is 76.4 Å². The Morgan fingerprint density at radius 2 is 1.76 bits per heavy atom. The van der Waals surface area contributed by atoms with Crippen LogP contribution in [0.4, 0.5) is 0 Å². The first-order valence-corrected chi connectivity index (χ1v) is 5.45. The van der Waals surface area contributed by atoms with Crippen LogP contribution in [0.1, 0.15) is 41.0 Å². The van der Waals surface area contributed by atoms with Crippen molar-refractivity contribution in [3.05, 3.63) is 0 Å². The van der Waals surface area contributed by atoms with E-state index in [9.17, 15) is 9.59 Å². The minimum absolute atomic E-state index is 0.217. The largest absolute Gasteiger partial charge is 0.466 e. The lowest BCUT2D eigenvalue weighted by Gasteiger charge is -2.25. The van der Waals surface area contributed by atoms with E-state index in [4.69, 9.17) is 14.7 Å². The zero-order valence-electron chi connectivity index (χ0n) is 11.0. The second-order valence-electron chi connectivity index (χ2n) is 4.93. The summed E-state index contributed by atoms with van der Waals surface area (Å²) in [7, 11) is 0. The number of carbonyl (C=O) groups is 2. The number of hydrogen-bond acceptors (Lipinski definition) is 5. The Bertz CT molecular complexity index is 337. The minimum Gasteiger partial charge on any atom is -0.466 e. The van der Waals surface area contributed by atoms with Crippen LogP contribution in [-0.2, 0) is 19.1 Å². The summed E-state index contributed by atoms with van der Waals surface area (Å²) in [4.78, 5) is 23.1. The summed E-state index contributed by atoms with van der Waals surface area (Å²) in [6.45, 7) is 8.36. The number of hydrogen-bond donors (Lipinski definition) is 0. The molecule has 0 saturated heterocycles. The number of nitrogens with zero attached hydrogens (tertiary/aromatic N) is 1. The van der Waals surface area contributed by atoms with Crippen molar-refractivity contribution in [2.75, 3.05) is 6.61 Å². The Morgan fingerprint density at radius 3 is 2.12 bits per heavy atom. The molecule has 0 aromatic carbocycles. The molecule has 0 amide bonds. The zero-order valence-corrected chi connectivity index (χ0v) is 11.0. The quantitative estimate of drug-likeness (QED) is 0.701. The van der Waals surface area contributed by atoms with Crippen LogP contribution < -0.4 is 0 Å². The Kier molecular flexibility index (Phi) is 5.14. The lowest BCUT2D eigenvalue weighted by Crippen LogP contribution is -2.36. The normalized spacial score (nSPS) is 14.4. The van der Waals surface area contributed by atoms with Crippen LogP contribution >= 0.6 is 0 Å². The van der Waals surface area contributed by atoms with E-state index in [-0.39, 0.29) is 13.0 Å². The highest BCUT2D eigenvalue weighted by atomic mass is 16.6. The standard InChI is InChI=1S/C12H19NO4/c1-6-16-9(14)7-12(5,8-13)10(15)17-11(2,3)4/h6-7H2,1-5H3. The molecule has 0 bridgehead atoms. The van der Waals surface area contributed by atoms with Crippen molar-refractivity contribution in [2.45, 2.75) is 46.6 Å². The summed E-state index contributed by atoms with van der Waals surface area (Å²) in [5.41, 5.74) is -2.19. The molecule has 0 heterocycles. The van der Waals surface area contributed by atoms with Crippen molar-refractivity contribution in [1.29, 1.82) is 5.26 Å². The molecule has 0 fully saturated rings. The molecule has 96 valence electrons. The van der Waals surface area contributed by atoms with Crippen molar-refractivity contribution in [3.63, 3.8) is 0 Å². The third-order valence-corrected chi connectivity index (χ3v) is 1.90. The van der Waals surface area contributed by atoms with E-state index >= 15 is 0 Å². The van der Waals surface area contributed by atoms with Crippen molar-refractivity contribution in [1.82, 2.24) is 0 Å². The van der Waals surface area contributed by atoms with Crippen LogP contribution in [0.25, 0.3) is 0 Å². The molecule has 0 rings (SSSR count). The van der Waals surface area contributed by atoms with Gasteiger partial charge < -0.3 is 9.47 Å². The molecule has 0 radical (unpaired) electrons. The lowest BCUT2D eigenvalue weighted by molar-refractivity contribution is -0.167. The van der Waals surface area contributed by atoms with E-state index in [2.05, 4.69) is 0 Å². The maximum absolute atomic E-state index is 11.8. The van der Waals surface area contributed by atoms with Crippen molar-refractivity contribution >= 4 is 11.9 Å². The van der Waals surface area contributed by atoms with Gasteiger partial charge in [-0.05, 0) is 34.6 Å². The van der Waals surface area contributed by atoms with E-state index in [0.717, 1.165) is 0 Å². The summed E-state index contributed by atoms with van der Waals surface area (Å²) >= 11 is 0. The lowest BCUT2D eigenvalue weighted by atomic mass is 9.88. The third-order valence-electron chi connectivity index (χ3n) is 1.90. The summed E-state index contributed by atoms with van der Waals surface area (Å²) < 4.78 is 9.83. The van der Waals surface area contributed by atoms with E-state index in [1.54, 1.807) is 27.7 Å². The van der Waals surface area contributed by atoms with E-state index < -0.39 is 23.0 Å². The van der Waals surface area contributed by atoms with Gasteiger partial charge in [0.15, 0.2) is 5.41 Å². The molecule has 5 heteroatoms. The Hall–Kier alpha value is -1.57. The van der Waals surface area contributed by atoms with Crippen LogP contribution in [0.5, 0.6) is 0 Å². The van der Waals surface area contributed by atoms with Crippen LogP contribution in [-0.4, -0.2) is 24.1 Å². The van der Waals surface area contributed by atoms with Gasteiger partial charge in [0.05, 0.1) is 19.1 Å². The number of nitriles is 1. The van der Waals surface area contributed by atoms with E-state index in [0.29, 0.717) is 0 Å². The highest BCUT2D eigenvalue weighted by Gasteiger charge is 2.40. The molecule has 17 heavy (non-hydrogen) atoms. The smallest absolute Gasteiger partial charge is 0.327 e. The summed E-state index contributed by atoms with van der Waals surface area (Å²) in [5, 5.41) is 9.01. The average Bonchev–Trinajstić information content (AvgIpc) is 2.15. The Labute approximate surface area is 102 Å². The molecule has 0 aromatic heterocycles. The highest BCUT2D eigenvalue weighted by Crippen LogP contribution is 2.25. The predicted octanol–water partition coefficient (Wildman–Crippen LogP) is 1.81. The van der Waals surface area contributed by atoms with Gasteiger partial charge in [0, 0.05) is 0 Å². The van der Waals surface area contributed by atoms with Gasteiger partial charge in [-0.3, -0.25) is 9.59 Å². The number of ether oxygens (including phenoxy) is 2. The van der Waals surface area contributed by atoms with Gasteiger partial charge in [-0.2, -0.15) is 5.26 Å². The second-order valence-corrected chi connectivity index (χ2v) is 4.93. The molecule has 1 unspecified atom stereocenters. The maximum atomic E-state index is 11.8. The van der Waals surface area contributed by atoms with Crippen molar-refractivity contribution in [3.8, 4) is 6.07 Å². The molecule has 0 spiro atoms. The average molecular weight is 241 g/mol. The molecule has 5 nitrogen and oxygen atoms in total. The highest BCUT2D eigenvalue weighted by molar-refractivity contribution is 5.85. The molecule has 0 N–H and O–H groups in total. The number of carbonyl (C=O) groups excluding carboxylic acids is 2. The van der Waals surface area contributed by atoms with Gasteiger partial charge in [-0.25, -0.2) is 0 Å². The zero-order chi connectivity index (χ0) is 13.7. The van der Waals surface area contributed by atoms with Gasteiger partial charge in [0.2, 0.25) is 0 Å². The second kappa shape index (κ2) is 5.67. The summed E-state index contributed by atoms with van der Waals surface area (Å²) in [5.74, 6) is -1.29. The Balaban J connectivity index is 4.74. The number of esters is 2. The van der Waals surface area contributed by atoms with Crippen LogP contribution in [0.3, 0.4) is 0 Å². The van der Waals surface area contributed by atoms with Crippen LogP contribution in [0, 0.1) is 16.7 Å². The monoisotopic (exact) mass is 241 g/mol. The Morgan fingerprint density at radius 1 is 1.24 bits per heavy atom. The fourth-order valence-corrected chi connectivity index (χ4v) is 1.05. The van der Waals surface area contributed by atoms with Crippen molar-refractivity contribution < 1.29 is 19.1 Å². The van der Waals surface area contributed by atoms with Crippen LogP contribution in [0.2, 0.25) is 0 Å². The third kappa shape index (κ3) is 5.34. The fourth-order valence-electron chi connectivity index (χ4n) is 1.05. The van der Waals surface area contributed by atoms with Gasteiger partial charge in [0.1, 0.15) is 5.60 Å². The number of rotatable bonds is 4. The molecule has 0 saturated carbocycles.